The molecular weight excluding hydrogens is 326 g/mol. The van der Waals surface area contributed by atoms with Crippen molar-refractivity contribution in [2.24, 2.45) is 0 Å². The van der Waals surface area contributed by atoms with Crippen molar-refractivity contribution in [3.05, 3.63) is 38.9 Å². The molecule has 0 bridgehead atoms. The van der Waals surface area contributed by atoms with Gasteiger partial charge in [0, 0.05) is 6.04 Å². The predicted molar refractivity (Wildman–Crippen MR) is 88.3 cm³/mol. The number of aryl methyl sites for hydroxylation is 2. The van der Waals surface area contributed by atoms with Crippen molar-refractivity contribution >= 4 is 11.7 Å². The molecule has 1 fully saturated rings. The van der Waals surface area contributed by atoms with Gasteiger partial charge in [-0.3, -0.25) is 4.79 Å². The third kappa shape index (κ3) is 3.70. The number of carbonyl (C=O) groups excluding carboxylic acids is 1. The van der Waals surface area contributed by atoms with E-state index in [1.807, 2.05) is 0 Å². The summed E-state index contributed by atoms with van der Waals surface area (Å²) in [6.07, 6.45) is 5.39. The van der Waals surface area contributed by atoms with Crippen molar-refractivity contribution in [1.29, 1.82) is 0 Å². The van der Waals surface area contributed by atoms with Gasteiger partial charge in [-0.05, 0) is 31.6 Å². The molecule has 9 heteroatoms. The summed E-state index contributed by atoms with van der Waals surface area (Å²) in [7, 11) is 0. The third-order valence-electron chi connectivity index (χ3n) is 4.60. The van der Waals surface area contributed by atoms with Crippen molar-refractivity contribution in [3.8, 4) is 0 Å². The first-order chi connectivity index (χ1) is 12.0. The fourth-order valence-corrected chi connectivity index (χ4v) is 3.15. The van der Waals surface area contributed by atoms with Crippen LogP contribution in [0.2, 0.25) is 0 Å². The minimum Gasteiger partial charge on any atom is -0.361 e. The summed E-state index contributed by atoms with van der Waals surface area (Å²) < 4.78 is 6.67. The zero-order chi connectivity index (χ0) is 18.0. The van der Waals surface area contributed by atoms with E-state index in [9.17, 15) is 14.9 Å². The van der Waals surface area contributed by atoms with E-state index in [4.69, 9.17) is 4.52 Å². The van der Waals surface area contributed by atoms with Crippen LogP contribution in [0, 0.1) is 24.0 Å². The largest absolute Gasteiger partial charge is 0.390 e. The Labute approximate surface area is 144 Å². The Morgan fingerprint density at radius 1 is 1.40 bits per heavy atom. The average molecular weight is 347 g/mol. The number of amides is 1. The summed E-state index contributed by atoms with van der Waals surface area (Å²) in [4.78, 5) is 22.9. The maximum atomic E-state index is 12.6. The fraction of sp³-hybridized carbons (Fsp3) is 0.562. The lowest BCUT2D eigenvalue weighted by Crippen LogP contribution is -2.36. The molecule has 0 spiro atoms. The molecule has 2 heterocycles. The van der Waals surface area contributed by atoms with Crippen molar-refractivity contribution in [2.45, 2.75) is 58.5 Å². The number of nitrogens with one attached hydrogen (secondary N) is 1. The van der Waals surface area contributed by atoms with E-state index in [2.05, 4.69) is 15.6 Å². The molecule has 1 amide bonds. The minimum absolute atomic E-state index is 0.165. The first-order valence-corrected chi connectivity index (χ1v) is 8.40. The molecule has 1 saturated carbocycles. The van der Waals surface area contributed by atoms with Crippen molar-refractivity contribution in [1.82, 2.24) is 20.3 Å². The van der Waals surface area contributed by atoms with Crippen LogP contribution in [0.25, 0.3) is 0 Å². The van der Waals surface area contributed by atoms with E-state index in [0.29, 0.717) is 17.0 Å². The minimum atomic E-state index is -0.541. The second-order valence-electron chi connectivity index (χ2n) is 6.43. The van der Waals surface area contributed by atoms with Crippen LogP contribution in [-0.4, -0.2) is 31.8 Å². The number of nitro groups is 1. The summed E-state index contributed by atoms with van der Waals surface area (Å²) in [5.74, 6) is 0.0178. The van der Waals surface area contributed by atoms with Gasteiger partial charge in [0.2, 0.25) is 0 Å². The second kappa shape index (κ2) is 7.04. The highest BCUT2D eigenvalue weighted by Gasteiger charge is 2.25. The average Bonchev–Trinajstić information content (AvgIpc) is 3.13. The Balaban J connectivity index is 1.79. The molecule has 0 unspecified atom stereocenters. The van der Waals surface area contributed by atoms with Gasteiger partial charge in [-0.15, -0.1) is 0 Å². The zero-order valence-electron chi connectivity index (χ0n) is 14.3. The van der Waals surface area contributed by atoms with E-state index < -0.39 is 4.92 Å². The third-order valence-corrected chi connectivity index (χ3v) is 4.60. The van der Waals surface area contributed by atoms with Crippen LogP contribution in [0.1, 0.15) is 59.6 Å². The molecule has 25 heavy (non-hydrogen) atoms. The number of rotatable bonds is 5. The molecule has 0 atom stereocenters. The van der Waals surface area contributed by atoms with E-state index in [-0.39, 0.29) is 30.0 Å². The van der Waals surface area contributed by atoms with Gasteiger partial charge in [0.1, 0.15) is 5.76 Å². The Kier molecular flexibility index (Phi) is 4.82. The van der Waals surface area contributed by atoms with Gasteiger partial charge < -0.3 is 20.0 Å². The molecule has 0 aromatic carbocycles. The van der Waals surface area contributed by atoms with Crippen LogP contribution >= 0.6 is 0 Å². The molecule has 1 aliphatic rings. The van der Waals surface area contributed by atoms with E-state index in [1.54, 1.807) is 13.8 Å². The van der Waals surface area contributed by atoms with E-state index in [1.165, 1.54) is 17.2 Å². The Morgan fingerprint density at radius 2 is 2.12 bits per heavy atom. The standard InChI is InChI=1S/C16H21N5O4/c1-10-8-14(21(23)24)18-20(10)9-13-11(2)25-19-15(13)16(22)17-12-6-4-3-5-7-12/h8,12H,3-7,9H2,1-2H3,(H,17,22). The van der Waals surface area contributed by atoms with Crippen LogP contribution in [0.3, 0.4) is 0 Å². The molecule has 0 aliphatic heterocycles. The number of aromatic nitrogens is 3. The molecule has 3 rings (SSSR count). The molecule has 1 aliphatic carbocycles. The summed E-state index contributed by atoms with van der Waals surface area (Å²) in [5.41, 5.74) is 1.45. The number of carbonyl (C=O) groups is 1. The van der Waals surface area contributed by atoms with Gasteiger partial charge in [0.25, 0.3) is 5.91 Å². The molecular formula is C16H21N5O4. The lowest BCUT2D eigenvalue weighted by Gasteiger charge is -2.22. The Bertz CT molecular complexity index is 789. The molecule has 0 radical (unpaired) electrons. The monoisotopic (exact) mass is 347 g/mol. The normalized spacial score (nSPS) is 15.3. The highest BCUT2D eigenvalue weighted by molar-refractivity contribution is 5.94. The van der Waals surface area contributed by atoms with Crippen LogP contribution < -0.4 is 5.32 Å². The summed E-state index contributed by atoms with van der Waals surface area (Å²) in [6, 6.07) is 1.56. The van der Waals surface area contributed by atoms with Crippen molar-refractivity contribution in [3.63, 3.8) is 0 Å². The maximum Gasteiger partial charge on any atom is 0.390 e. The molecule has 2 aromatic rings. The van der Waals surface area contributed by atoms with Gasteiger partial charge in [0.05, 0.1) is 29.0 Å². The molecule has 134 valence electrons. The lowest BCUT2D eigenvalue weighted by molar-refractivity contribution is -0.389. The van der Waals surface area contributed by atoms with E-state index >= 15 is 0 Å². The first-order valence-electron chi connectivity index (χ1n) is 8.40. The van der Waals surface area contributed by atoms with Gasteiger partial charge in [-0.1, -0.05) is 24.4 Å². The summed E-state index contributed by atoms with van der Waals surface area (Å²) in [6.45, 7) is 3.64. The molecule has 9 nitrogen and oxygen atoms in total. The zero-order valence-corrected chi connectivity index (χ0v) is 14.3. The maximum absolute atomic E-state index is 12.6. The number of hydrogen-bond donors (Lipinski definition) is 1. The van der Waals surface area contributed by atoms with Gasteiger partial charge in [0.15, 0.2) is 5.69 Å². The summed E-state index contributed by atoms with van der Waals surface area (Å²) in [5, 5.41) is 21.7. The van der Waals surface area contributed by atoms with Crippen LogP contribution in [-0.2, 0) is 6.54 Å². The SMILES string of the molecule is Cc1onc(C(=O)NC2CCCCC2)c1Cn1nc([N+](=O)[O-])cc1C. The highest BCUT2D eigenvalue weighted by atomic mass is 16.6. The van der Waals surface area contributed by atoms with Gasteiger partial charge in [-0.2, -0.15) is 4.68 Å². The highest BCUT2D eigenvalue weighted by Crippen LogP contribution is 2.21. The smallest absolute Gasteiger partial charge is 0.361 e. The van der Waals surface area contributed by atoms with Gasteiger partial charge in [-0.25, -0.2) is 0 Å². The number of nitrogens with zero attached hydrogens (tertiary/aromatic N) is 4. The van der Waals surface area contributed by atoms with Crippen molar-refractivity contribution in [2.75, 3.05) is 0 Å². The molecule has 0 saturated heterocycles. The lowest BCUT2D eigenvalue weighted by atomic mass is 9.95. The van der Waals surface area contributed by atoms with Crippen molar-refractivity contribution < 1.29 is 14.2 Å². The topological polar surface area (TPSA) is 116 Å². The van der Waals surface area contributed by atoms with Crippen LogP contribution in [0.15, 0.2) is 10.6 Å². The predicted octanol–water partition coefficient (Wildman–Crippen LogP) is 2.51. The van der Waals surface area contributed by atoms with Crippen LogP contribution in [0.5, 0.6) is 0 Å². The van der Waals surface area contributed by atoms with Gasteiger partial charge >= 0.3 is 5.82 Å². The molecule has 2 aromatic heterocycles. The Morgan fingerprint density at radius 3 is 2.76 bits per heavy atom. The second-order valence-corrected chi connectivity index (χ2v) is 6.43. The quantitative estimate of drug-likeness (QED) is 0.656. The Hall–Kier alpha value is -2.71. The molecule has 1 N–H and O–H groups in total. The fourth-order valence-electron chi connectivity index (χ4n) is 3.15. The number of hydrogen-bond acceptors (Lipinski definition) is 6. The first kappa shape index (κ1) is 17.1. The van der Waals surface area contributed by atoms with Crippen LogP contribution in [0.4, 0.5) is 5.82 Å². The van der Waals surface area contributed by atoms with E-state index in [0.717, 1.165) is 25.7 Å². The summed E-state index contributed by atoms with van der Waals surface area (Å²) >= 11 is 0.